The molecule has 0 bridgehead atoms. The number of nitrogens with zero attached hydrogens (tertiary/aromatic N) is 1. The number of hydrogen-bond donors (Lipinski definition) is 3. The standard InChI is InChI=1S/C13H14N4O4/c1-20-9-3-4-10(11(5-9)21-2)17-13(19)12(18)16-8-6-14-15-7-8/h3-7H,1-2H3,(H,14,15)(H,16,18)(H,17,19). The summed E-state index contributed by atoms with van der Waals surface area (Å²) in [6, 6.07) is 4.83. The van der Waals surface area contributed by atoms with Crippen LogP contribution in [0, 0.1) is 0 Å². The molecule has 2 rings (SSSR count). The second kappa shape index (κ2) is 6.42. The van der Waals surface area contributed by atoms with Crippen molar-refractivity contribution < 1.29 is 19.1 Å². The molecule has 2 aromatic rings. The van der Waals surface area contributed by atoms with Crippen molar-refractivity contribution in [3.63, 3.8) is 0 Å². The van der Waals surface area contributed by atoms with Crippen molar-refractivity contribution in [1.82, 2.24) is 10.2 Å². The number of aromatic nitrogens is 2. The van der Waals surface area contributed by atoms with Crippen LogP contribution >= 0.6 is 0 Å². The van der Waals surface area contributed by atoms with E-state index in [1.54, 1.807) is 18.2 Å². The normalized spacial score (nSPS) is 9.81. The summed E-state index contributed by atoms with van der Waals surface area (Å²) in [5.74, 6) is -0.666. The average Bonchev–Trinajstić information content (AvgIpc) is 3.00. The molecule has 0 aliphatic carbocycles. The van der Waals surface area contributed by atoms with Crippen molar-refractivity contribution in [2.75, 3.05) is 24.9 Å². The van der Waals surface area contributed by atoms with Gasteiger partial charge in [-0.1, -0.05) is 0 Å². The summed E-state index contributed by atoms with van der Waals surface area (Å²) in [4.78, 5) is 23.5. The highest BCUT2D eigenvalue weighted by Crippen LogP contribution is 2.28. The van der Waals surface area contributed by atoms with Gasteiger partial charge in [-0.05, 0) is 12.1 Å². The van der Waals surface area contributed by atoms with E-state index < -0.39 is 11.8 Å². The van der Waals surface area contributed by atoms with Crippen molar-refractivity contribution in [3.05, 3.63) is 30.6 Å². The molecule has 1 heterocycles. The Hall–Kier alpha value is -3.03. The summed E-state index contributed by atoms with van der Waals surface area (Å²) in [5, 5.41) is 11.0. The van der Waals surface area contributed by atoms with Crippen LogP contribution in [0.3, 0.4) is 0 Å². The predicted molar refractivity (Wildman–Crippen MR) is 75.4 cm³/mol. The Bertz CT molecular complexity index is 640. The van der Waals surface area contributed by atoms with Crippen molar-refractivity contribution in [2.45, 2.75) is 0 Å². The van der Waals surface area contributed by atoms with E-state index in [0.717, 1.165) is 0 Å². The lowest BCUT2D eigenvalue weighted by molar-refractivity contribution is -0.133. The molecular formula is C13H14N4O4. The molecule has 0 radical (unpaired) electrons. The molecule has 0 saturated carbocycles. The number of carbonyl (C=O) groups is 2. The molecular weight excluding hydrogens is 276 g/mol. The lowest BCUT2D eigenvalue weighted by atomic mass is 10.2. The van der Waals surface area contributed by atoms with Gasteiger partial charge in [0.1, 0.15) is 11.5 Å². The molecule has 8 nitrogen and oxygen atoms in total. The first kappa shape index (κ1) is 14.4. The second-order valence-corrected chi connectivity index (χ2v) is 3.96. The summed E-state index contributed by atoms with van der Waals surface area (Å²) >= 11 is 0. The average molecular weight is 290 g/mol. The molecule has 0 saturated heterocycles. The summed E-state index contributed by atoms with van der Waals surface area (Å²) in [6.45, 7) is 0. The topological polar surface area (TPSA) is 105 Å². The number of hydrogen-bond acceptors (Lipinski definition) is 5. The molecule has 2 amide bonds. The van der Waals surface area contributed by atoms with Crippen molar-refractivity contribution in [3.8, 4) is 11.5 Å². The van der Waals surface area contributed by atoms with Gasteiger partial charge in [-0.2, -0.15) is 5.10 Å². The molecule has 0 aliphatic heterocycles. The number of amides is 2. The first-order valence-electron chi connectivity index (χ1n) is 5.97. The summed E-state index contributed by atoms with van der Waals surface area (Å²) in [7, 11) is 2.97. The number of rotatable bonds is 4. The fourth-order valence-electron chi connectivity index (χ4n) is 1.59. The summed E-state index contributed by atoms with van der Waals surface area (Å²) in [5.41, 5.74) is 0.766. The van der Waals surface area contributed by atoms with Gasteiger partial charge < -0.3 is 20.1 Å². The largest absolute Gasteiger partial charge is 0.497 e. The predicted octanol–water partition coefficient (Wildman–Crippen LogP) is 1.00. The monoisotopic (exact) mass is 290 g/mol. The number of benzene rings is 1. The zero-order chi connectivity index (χ0) is 15.2. The Kier molecular flexibility index (Phi) is 4.39. The third-order valence-electron chi connectivity index (χ3n) is 2.62. The molecule has 1 aromatic heterocycles. The number of nitrogens with one attached hydrogen (secondary N) is 3. The number of aromatic amines is 1. The minimum absolute atomic E-state index is 0.366. The van der Waals surface area contributed by atoms with Gasteiger partial charge >= 0.3 is 11.8 Å². The van der Waals surface area contributed by atoms with Crippen LogP contribution in [0.2, 0.25) is 0 Å². The molecule has 0 atom stereocenters. The van der Waals surface area contributed by atoms with Crippen molar-refractivity contribution >= 4 is 23.2 Å². The van der Waals surface area contributed by atoms with Crippen LogP contribution in [-0.4, -0.2) is 36.2 Å². The fraction of sp³-hybridized carbons (Fsp3) is 0.154. The first-order chi connectivity index (χ1) is 10.1. The highest BCUT2D eigenvalue weighted by molar-refractivity contribution is 6.43. The maximum absolute atomic E-state index is 11.8. The third kappa shape index (κ3) is 3.50. The third-order valence-corrected chi connectivity index (χ3v) is 2.62. The Labute approximate surface area is 120 Å². The van der Waals surface area contributed by atoms with Gasteiger partial charge in [-0.15, -0.1) is 0 Å². The zero-order valence-corrected chi connectivity index (χ0v) is 11.5. The van der Waals surface area contributed by atoms with Gasteiger partial charge in [0.25, 0.3) is 0 Å². The summed E-state index contributed by atoms with van der Waals surface area (Å²) in [6.07, 6.45) is 2.85. The molecule has 8 heteroatoms. The van der Waals surface area contributed by atoms with Crippen LogP contribution in [-0.2, 0) is 9.59 Å². The number of methoxy groups -OCH3 is 2. The molecule has 3 N–H and O–H groups in total. The van der Waals surface area contributed by atoms with Gasteiger partial charge in [0.05, 0.1) is 31.8 Å². The number of anilines is 2. The second-order valence-electron chi connectivity index (χ2n) is 3.96. The smallest absolute Gasteiger partial charge is 0.314 e. The van der Waals surface area contributed by atoms with E-state index in [1.165, 1.54) is 26.6 Å². The highest BCUT2D eigenvalue weighted by atomic mass is 16.5. The van der Waals surface area contributed by atoms with Crippen molar-refractivity contribution in [1.29, 1.82) is 0 Å². The first-order valence-corrected chi connectivity index (χ1v) is 5.97. The van der Waals surface area contributed by atoms with E-state index in [4.69, 9.17) is 9.47 Å². The van der Waals surface area contributed by atoms with Crippen LogP contribution in [0.15, 0.2) is 30.6 Å². The molecule has 0 fully saturated rings. The molecule has 0 spiro atoms. The lowest BCUT2D eigenvalue weighted by Gasteiger charge is -2.11. The minimum atomic E-state index is -0.820. The van der Waals surface area contributed by atoms with E-state index in [9.17, 15) is 9.59 Å². The Morgan fingerprint density at radius 2 is 1.90 bits per heavy atom. The van der Waals surface area contributed by atoms with Crippen molar-refractivity contribution in [2.24, 2.45) is 0 Å². The molecule has 1 aromatic carbocycles. The fourth-order valence-corrected chi connectivity index (χ4v) is 1.59. The van der Waals surface area contributed by atoms with Gasteiger partial charge in [0.15, 0.2) is 0 Å². The number of carbonyl (C=O) groups excluding carboxylic acids is 2. The van der Waals surface area contributed by atoms with E-state index in [1.807, 2.05) is 0 Å². The van der Waals surface area contributed by atoms with Crippen LogP contribution in [0.4, 0.5) is 11.4 Å². The van der Waals surface area contributed by atoms with Crippen LogP contribution in [0.5, 0.6) is 11.5 Å². The Morgan fingerprint density at radius 1 is 1.14 bits per heavy atom. The minimum Gasteiger partial charge on any atom is -0.497 e. The highest BCUT2D eigenvalue weighted by Gasteiger charge is 2.16. The molecule has 110 valence electrons. The van der Waals surface area contributed by atoms with E-state index in [2.05, 4.69) is 20.8 Å². The van der Waals surface area contributed by atoms with E-state index in [0.29, 0.717) is 22.9 Å². The Balaban J connectivity index is 2.06. The zero-order valence-electron chi connectivity index (χ0n) is 11.5. The van der Waals surface area contributed by atoms with Crippen LogP contribution < -0.4 is 20.1 Å². The quantitative estimate of drug-likeness (QED) is 0.729. The molecule has 0 aliphatic rings. The van der Waals surface area contributed by atoms with Crippen LogP contribution in [0.25, 0.3) is 0 Å². The van der Waals surface area contributed by atoms with Gasteiger partial charge in [0.2, 0.25) is 0 Å². The SMILES string of the molecule is COc1ccc(NC(=O)C(=O)Nc2cn[nH]c2)c(OC)c1. The van der Waals surface area contributed by atoms with E-state index in [-0.39, 0.29) is 0 Å². The van der Waals surface area contributed by atoms with Gasteiger partial charge in [-0.25, -0.2) is 0 Å². The van der Waals surface area contributed by atoms with Gasteiger partial charge in [0, 0.05) is 12.3 Å². The Morgan fingerprint density at radius 3 is 2.52 bits per heavy atom. The van der Waals surface area contributed by atoms with E-state index >= 15 is 0 Å². The number of ether oxygens (including phenoxy) is 2. The lowest BCUT2D eigenvalue weighted by Crippen LogP contribution is -2.29. The number of H-pyrrole nitrogens is 1. The van der Waals surface area contributed by atoms with Gasteiger partial charge in [-0.3, -0.25) is 14.7 Å². The van der Waals surface area contributed by atoms with Crippen LogP contribution in [0.1, 0.15) is 0 Å². The molecule has 21 heavy (non-hydrogen) atoms. The maximum Gasteiger partial charge on any atom is 0.314 e. The summed E-state index contributed by atoms with van der Waals surface area (Å²) < 4.78 is 10.2. The maximum atomic E-state index is 11.8. The molecule has 0 unspecified atom stereocenters.